The van der Waals surface area contributed by atoms with Crippen molar-refractivity contribution in [1.82, 2.24) is 9.88 Å². The molecule has 1 N–H and O–H groups in total. The molecule has 0 aliphatic carbocycles. The highest BCUT2D eigenvalue weighted by Gasteiger charge is 2.25. The summed E-state index contributed by atoms with van der Waals surface area (Å²) in [6.45, 7) is 2.96. The number of aliphatic hydroxyl groups is 1. The Labute approximate surface area is 141 Å². The van der Waals surface area contributed by atoms with E-state index in [0.29, 0.717) is 18.2 Å². The average molecular weight is 333 g/mol. The number of rotatable bonds is 6. The molecule has 0 amide bonds. The van der Waals surface area contributed by atoms with Gasteiger partial charge >= 0.3 is 0 Å². The van der Waals surface area contributed by atoms with Crippen LogP contribution in [-0.4, -0.2) is 40.7 Å². The fourth-order valence-electron chi connectivity index (χ4n) is 2.88. The second kappa shape index (κ2) is 7.88. The summed E-state index contributed by atoms with van der Waals surface area (Å²) in [7, 11) is 0. The maximum Gasteiger partial charge on any atom is 0.0931 e. The third-order valence-electron chi connectivity index (χ3n) is 4.16. The number of aliphatic hydroxyl groups excluding tert-OH is 1. The SMILES string of the molecule is O[C@@H](CN1CCC(OCc2ccncc2)C1)c1ccccc1Cl. The van der Waals surface area contributed by atoms with E-state index in [4.69, 9.17) is 16.3 Å². The Morgan fingerprint density at radius 2 is 2.04 bits per heavy atom. The first-order valence-corrected chi connectivity index (χ1v) is 8.25. The van der Waals surface area contributed by atoms with Crippen LogP contribution in [-0.2, 0) is 11.3 Å². The van der Waals surface area contributed by atoms with Gasteiger partial charge in [0.2, 0.25) is 0 Å². The zero-order valence-corrected chi connectivity index (χ0v) is 13.7. The van der Waals surface area contributed by atoms with Crippen LogP contribution in [0.1, 0.15) is 23.7 Å². The van der Waals surface area contributed by atoms with Crippen molar-refractivity contribution in [3.63, 3.8) is 0 Å². The van der Waals surface area contributed by atoms with Crippen LogP contribution >= 0.6 is 11.6 Å². The van der Waals surface area contributed by atoms with E-state index in [0.717, 1.165) is 30.6 Å². The van der Waals surface area contributed by atoms with E-state index < -0.39 is 6.10 Å². The number of halogens is 1. The number of ether oxygens (including phenoxy) is 1. The summed E-state index contributed by atoms with van der Waals surface area (Å²) in [4.78, 5) is 6.23. The lowest BCUT2D eigenvalue weighted by molar-refractivity contribution is 0.0416. The van der Waals surface area contributed by atoms with Crippen molar-refractivity contribution < 1.29 is 9.84 Å². The summed E-state index contributed by atoms with van der Waals surface area (Å²) in [5.41, 5.74) is 1.92. The first-order chi connectivity index (χ1) is 11.2. The molecule has 1 saturated heterocycles. The highest BCUT2D eigenvalue weighted by atomic mass is 35.5. The topological polar surface area (TPSA) is 45.6 Å². The lowest BCUT2D eigenvalue weighted by Crippen LogP contribution is -2.28. The van der Waals surface area contributed by atoms with Gasteiger partial charge < -0.3 is 9.84 Å². The molecule has 0 saturated carbocycles. The van der Waals surface area contributed by atoms with Crippen LogP contribution in [0.25, 0.3) is 0 Å². The second-order valence-corrected chi connectivity index (χ2v) is 6.28. The Balaban J connectivity index is 1.47. The zero-order valence-electron chi connectivity index (χ0n) is 12.9. The maximum absolute atomic E-state index is 10.4. The molecule has 1 fully saturated rings. The average Bonchev–Trinajstić information content (AvgIpc) is 3.02. The van der Waals surface area contributed by atoms with E-state index in [1.165, 1.54) is 0 Å². The smallest absolute Gasteiger partial charge is 0.0931 e. The van der Waals surface area contributed by atoms with Gasteiger partial charge in [-0.2, -0.15) is 0 Å². The lowest BCUT2D eigenvalue weighted by Gasteiger charge is -2.21. The summed E-state index contributed by atoms with van der Waals surface area (Å²) >= 11 is 6.14. The standard InChI is InChI=1S/C18H21ClN2O2/c19-17-4-2-1-3-16(17)18(22)12-21-10-7-15(11-21)23-13-14-5-8-20-9-6-14/h1-6,8-9,15,18,22H,7,10-13H2/t15?,18-/m0/s1. The summed E-state index contributed by atoms with van der Waals surface area (Å²) in [5, 5.41) is 11.0. The molecule has 0 spiro atoms. The predicted octanol–water partition coefficient (Wildman–Crippen LogP) is 3.06. The first kappa shape index (κ1) is 16.4. The molecule has 2 atom stereocenters. The van der Waals surface area contributed by atoms with E-state index in [1.54, 1.807) is 12.4 Å². The third kappa shape index (κ3) is 4.52. The van der Waals surface area contributed by atoms with Gasteiger partial charge in [0.15, 0.2) is 0 Å². The Hall–Kier alpha value is -1.46. The molecule has 1 aliphatic rings. The first-order valence-electron chi connectivity index (χ1n) is 7.87. The lowest BCUT2D eigenvalue weighted by atomic mass is 10.1. The molecule has 0 radical (unpaired) electrons. The van der Waals surface area contributed by atoms with Gasteiger partial charge in [-0.05, 0) is 30.2 Å². The number of likely N-dealkylation sites (tertiary alicyclic amines) is 1. The Kier molecular flexibility index (Phi) is 5.62. The van der Waals surface area contributed by atoms with Crippen molar-refractivity contribution >= 4 is 11.6 Å². The van der Waals surface area contributed by atoms with E-state index in [-0.39, 0.29) is 6.10 Å². The Bertz CT molecular complexity index is 623. The molecule has 3 rings (SSSR count). The number of nitrogens with zero attached hydrogens (tertiary/aromatic N) is 2. The van der Waals surface area contributed by atoms with Gasteiger partial charge in [-0.15, -0.1) is 0 Å². The molecular weight excluding hydrogens is 312 g/mol. The van der Waals surface area contributed by atoms with Crippen molar-refractivity contribution in [2.45, 2.75) is 25.2 Å². The van der Waals surface area contributed by atoms with Crippen LogP contribution in [0.5, 0.6) is 0 Å². The Morgan fingerprint density at radius 1 is 1.26 bits per heavy atom. The largest absolute Gasteiger partial charge is 0.387 e. The van der Waals surface area contributed by atoms with Crippen molar-refractivity contribution in [3.05, 3.63) is 64.9 Å². The third-order valence-corrected chi connectivity index (χ3v) is 4.50. The fourth-order valence-corrected chi connectivity index (χ4v) is 3.14. The molecule has 4 nitrogen and oxygen atoms in total. The molecule has 2 heterocycles. The number of hydrogen-bond donors (Lipinski definition) is 1. The molecule has 1 unspecified atom stereocenters. The number of benzene rings is 1. The van der Waals surface area contributed by atoms with Crippen molar-refractivity contribution in [3.8, 4) is 0 Å². The quantitative estimate of drug-likeness (QED) is 0.883. The molecule has 23 heavy (non-hydrogen) atoms. The van der Waals surface area contributed by atoms with E-state index in [2.05, 4.69) is 9.88 Å². The predicted molar refractivity (Wildman–Crippen MR) is 90.3 cm³/mol. The zero-order chi connectivity index (χ0) is 16.1. The fraction of sp³-hybridized carbons (Fsp3) is 0.389. The van der Waals surface area contributed by atoms with Gasteiger partial charge in [-0.3, -0.25) is 9.88 Å². The normalized spacial score (nSPS) is 19.8. The summed E-state index contributed by atoms with van der Waals surface area (Å²) in [5.74, 6) is 0. The number of β-amino-alcohol motifs (C(OH)–C–C–N with tert-alkyl or cyclic N) is 1. The maximum atomic E-state index is 10.4. The highest BCUT2D eigenvalue weighted by molar-refractivity contribution is 6.31. The van der Waals surface area contributed by atoms with E-state index in [9.17, 15) is 5.11 Å². The minimum atomic E-state index is -0.567. The second-order valence-electron chi connectivity index (χ2n) is 5.87. The van der Waals surface area contributed by atoms with Gasteiger partial charge in [0.1, 0.15) is 0 Å². The van der Waals surface area contributed by atoms with E-state index in [1.807, 2.05) is 36.4 Å². The van der Waals surface area contributed by atoms with Crippen molar-refractivity contribution in [1.29, 1.82) is 0 Å². The summed E-state index contributed by atoms with van der Waals surface area (Å²) < 4.78 is 5.95. The van der Waals surface area contributed by atoms with Crippen LogP contribution in [0, 0.1) is 0 Å². The summed E-state index contributed by atoms with van der Waals surface area (Å²) in [6.07, 6.45) is 4.18. The van der Waals surface area contributed by atoms with Crippen LogP contribution in [0.3, 0.4) is 0 Å². The summed E-state index contributed by atoms with van der Waals surface area (Å²) in [6, 6.07) is 11.4. The number of pyridine rings is 1. The van der Waals surface area contributed by atoms with E-state index >= 15 is 0 Å². The number of aromatic nitrogens is 1. The van der Waals surface area contributed by atoms with Crippen molar-refractivity contribution in [2.75, 3.05) is 19.6 Å². The van der Waals surface area contributed by atoms with Gasteiger partial charge in [0, 0.05) is 42.6 Å². The highest BCUT2D eigenvalue weighted by Crippen LogP contribution is 2.25. The van der Waals surface area contributed by atoms with Crippen LogP contribution in [0.2, 0.25) is 5.02 Å². The number of hydrogen-bond acceptors (Lipinski definition) is 4. The minimum absolute atomic E-state index is 0.210. The molecule has 2 aromatic rings. The molecule has 0 bridgehead atoms. The molecule has 1 aromatic heterocycles. The van der Waals surface area contributed by atoms with Crippen molar-refractivity contribution in [2.24, 2.45) is 0 Å². The van der Waals surface area contributed by atoms with Gasteiger partial charge in [0.25, 0.3) is 0 Å². The molecule has 5 heteroatoms. The molecule has 1 aromatic carbocycles. The van der Waals surface area contributed by atoms with Crippen LogP contribution in [0.4, 0.5) is 0 Å². The van der Waals surface area contributed by atoms with Gasteiger partial charge in [0.05, 0.1) is 18.8 Å². The molecular formula is C18H21ClN2O2. The van der Waals surface area contributed by atoms with Gasteiger partial charge in [-0.1, -0.05) is 29.8 Å². The minimum Gasteiger partial charge on any atom is -0.387 e. The molecule has 1 aliphatic heterocycles. The Morgan fingerprint density at radius 3 is 2.83 bits per heavy atom. The van der Waals surface area contributed by atoms with Gasteiger partial charge in [-0.25, -0.2) is 0 Å². The molecule has 122 valence electrons. The van der Waals surface area contributed by atoms with Crippen LogP contribution in [0.15, 0.2) is 48.8 Å². The van der Waals surface area contributed by atoms with Crippen LogP contribution < -0.4 is 0 Å². The monoisotopic (exact) mass is 332 g/mol.